The smallest absolute Gasteiger partial charge is 0.353 e. The summed E-state index contributed by atoms with van der Waals surface area (Å²) in [7, 11) is 0. The lowest BCUT2D eigenvalue weighted by Crippen LogP contribution is -2.63. The molecule has 10 heteroatoms. The number of carboxylic acids is 1. The molecular formula is C21H26N4O5S. The highest BCUT2D eigenvalue weighted by Gasteiger charge is 2.60. The van der Waals surface area contributed by atoms with E-state index in [1.807, 2.05) is 13.0 Å². The van der Waals surface area contributed by atoms with Crippen LogP contribution in [0.2, 0.25) is 0 Å². The van der Waals surface area contributed by atoms with E-state index in [1.165, 1.54) is 16.7 Å². The lowest BCUT2D eigenvalue weighted by atomic mass is 9.79. The largest absolute Gasteiger partial charge is 0.477 e. The highest BCUT2D eigenvalue weighted by molar-refractivity contribution is 8.03. The second-order valence-electron chi connectivity index (χ2n) is 8.47. The molecule has 2 amide bonds. The number of aliphatic hydroxyl groups excluding tert-OH is 1. The normalized spacial score (nSPS) is 30.9. The number of primary amides is 1. The third kappa shape index (κ3) is 3.83. The van der Waals surface area contributed by atoms with Gasteiger partial charge in [0.25, 0.3) is 5.91 Å². The van der Waals surface area contributed by atoms with Crippen molar-refractivity contribution in [2.24, 2.45) is 17.6 Å². The number of rotatable bonds is 7. The van der Waals surface area contributed by atoms with Crippen LogP contribution in [0.1, 0.15) is 36.3 Å². The Morgan fingerprint density at radius 2 is 2.19 bits per heavy atom. The van der Waals surface area contributed by atoms with E-state index in [9.17, 15) is 24.6 Å². The molecule has 0 aromatic carbocycles. The zero-order valence-electron chi connectivity index (χ0n) is 17.3. The van der Waals surface area contributed by atoms with E-state index in [0.29, 0.717) is 17.9 Å². The Bertz CT molecular complexity index is 965. The van der Waals surface area contributed by atoms with Crippen LogP contribution in [0.25, 0.3) is 0 Å². The molecule has 6 atom stereocenters. The third-order valence-corrected chi connectivity index (χ3v) is 7.86. The number of aliphatic carboxylic acids is 1. The van der Waals surface area contributed by atoms with E-state index in [0.717, 1.165) is 12.0 Å². The standard InChI is InChI=1S/C21H26N4O5S/c1-9-16-15(10(2)26)20(28)25(16)17(21(29)30)18(9)31-13-7-12(24-8-13)5-11-3-4-23-14(6-11)19(22)27/h3-4,6,9-10,12-13,15-16,24,26H,5,7-8H2,1-2H3,(H2,22,27)(H,29,30)/t9-,10-,12-,13+,15-,16-/m1/s1. The summed E-state index contributed by atoms with van der Waals surface area (Å²) in [4.78, 5) is 41.8. The van der Waals surface area contributed by atoms with E-state index >= 15 is 0 Å². The van der Waals surface area contributed by atoms with Crippen LogP contribution < -0.4 is 11.1 Å². The molecule has 3 aliphatic heterocycles. The number of carboxylic acid groups (broad SMARTS) is 1. The van der Waals surface area contributed by atoms with Crippen LogP contribution in [0.15, 0.2) is 28.9 Å². The van der Waals surface area contributed by atoms with Gasteiger partial charge < -0.3 is 26.2 Å². The Morgan fingerprint density at radius 1 is 1.45 bits per heavy atom. The maximum atomic E-state index is 12.5. The van der Waals surface area contributed by atoms with Crippen LogP contribution in [0.5, 0.6) is 0 Å². The van der Waals surface area contributed by atoms with Crippen molar-refractivity contribution in [2.45, 2.75) is 50.1 Å². The predicted octanol–water partition coefficient (Wildman–Crippen LogP) is 0.340. The molecule has 1 aromatic heterocycles. The minimum atomic E-state index is -1.10. The van der Waals surface area contributed by atoms with Gasteiger partial charge in [0.1, 0.15) is 11.4 Å². The van der Waals surface area contributed by atoms with Crippen molar-refractivity contribution in [1.29, 1.82) is 0 Å². The van der Waals surface area contributed by atoms with Crippen molar-refractivity contribution in [1.82, 2.24) is 15.2 Å². The minimum absolute atomic E-state index is 0.0630. The molecule has 9 nitrogen and oxygen atoms in total. The number of nitrogens with two attached hydrogens (primary N) is 1. The summed E-state index contributed by atoms with van der Waals surface area (Å²) in [5.74, 6) is -2.67. The summed E-state index contributed by atoms with van der Waals surface area (Å²) in [6.45, 7) is 4.22. The van der Waals surface area contributed by atoms with Crippen molar-refractivity contribution in [3.05, 3.63) is 40.2 Å². The summed E-state index contributed by atoms with van der Waals surface area (Å²) in [5, 5.41) is 23.4. The molecule has 3 aliphatic rings. The van der Waals surface area contributed by atoms with Gasteiger partial charge in [0.05, 0.1) is 18.1 Å². The number of nitrogens with zero attached hydrogens (tertiary/aromatic N) is 2. The van der Waals surface area contributed by atoms with Crippen LogP contribution in [-0.2, 0) is 16.0 Å². The second kappa shape index (κ2) is 8.25. The first kappa shape index (κ1) is 21.8. The Morgan fingerprint density at radius 3 is 2.84 bits per heavy atom. The van der Waals surface area contributed by atoms with E-state index in [2.05, 4.69) is 10.3 Å². The van der Waals surface area contributed by atoms with Crippen LogP contribution in [0, 0.1) is 11.8 Å². The van der Waals surface area contributed by atoms with Gasteiger partial charge >= 0.3 is 5.97 Å². The van der Waals surface area contributed by atoms with Crippen LogP contribution in [0.3, 0.4) is 0 Å². The number of fused-ring (bicyclic) bond motifs is 1. The fourth-order valence-electron chi connectivity index (χ4n) is 4.91. The molecule has 4 rings (SSSR count). The number of β-lactam (4-membered cyclic amide) rings is 1. The topological polar surface area (TPSA) is 146 Å². The average Bonchev–Trinajstić information content (AvgIpc) is 3.23. The molecule has 2 fully saturated rings. The molecule has 1 aromatic rings. The van der Waals surface area contributed by atoms with Crippen molar-refractivity contribution >= 4 is 29.5 Å². The second-order valence-corrected chi connectivity index (χ2v) is 9.81. The number of hydrogen-bond donors (Lipinski definition) is 4. The Kier molecular flexibility index (Phi) is 5.80. The van der Waals surface area contributed by atoms with Crippen molar-refractivity contribution < 1.29 is 24.6 Å². The van der Waals surface area contributed by atoms with E-state index in [1.54, 1.807) is 19.2 Å². The molecule has 0 radical (unpaired) electrons. The number of nitrogens with one attached hydrogen (secondary N) is 1. The molecule has 0 spiro atoms. The summed E-state index contributed by atoms with van der Waals surface area (Å²) in [6.07, 6.45) is 2.29. The Hall–Kier alpha value is -2.43. The van der Waals surface area contributed by atoms with Crippen molar-refractivity contribution in [3.8, 4) is 0 Å². The third-order valence-electron chi connectivity index (χ3n) is 6.35. The number of hydrogen-bond acceptors (Lipinski definition) is 7. The van der Waals surface area contributed by atoms with E-state index in [-0.39, 0.29) is 40.5 Å². The predicted molar refractivity (Wildman–Crippen MR) is 114 cm³/mol. The quantitative estimate of drug-likeness (QED) is 0.439. The van der Waals surface area contributed by atoms with Crippen molar-refractivity contribution in [3.63, 3.8) is 0 Å². The Balaban J connectivity index is 1.45. The van der Waals surface area contributed by atoms with E-state index in [4.69, 9.17) is 5.73 Å². The van der Waals surface area contributed by atoms with Crippen LogP contribution >= 0.6 is 11.8 Å². The van der Waals surface area contributed by atoms with Crippen LogP contribution in [-0.4, -0.2) is 67.9 Å². The lowest BCUT2D eigenvalue weighted by molar-refractivity contribution is -0.163. The molecular weight excluding hydrogens is 420 g/mol. The van der Waals surface area contributed by atoms with Gasteiger partial charge in [-0.15, -0.1) is 11.8 Å². The number of aliphatic hydroxyl groups is 1. The SMILES string of the molecule is C[C@@H](O)[C@H]1C(=O)N2C(C(=O)O)=C(S[C@@H]3CN[C@H](Cc4ccnc(C(N)=O)c4)C3)[C@H](C)[C@H]12. The number of thioether (sulfide) groups is 1. The maximum absolute atomic E-state index is 12.5. The number of aromatic nitrogens is 1. The van der Waals surface area contributed by atoms with Gasteiger partial charge in [-0.25, -0.2) is 4.79 Å². The molecule has 0 saturated carbocycles. The average molecular weight is 447 g/mol. The molecule has 4 heterocycles. The molecule has 0 bridgehead atoms. The zero-order chi connectivity index (χ0) is 22.4. The van der Waals surface area contributed by atoms with Gasteiger partial charge in [-0.3, -0.25) is 14.6 Å². The van der Waals surface area contributed by atoms with Gasteiger partial charge in [0.15, 0.2) is 0 Å². The number of carbonyl (C=O) groups is 3. The zero-order valence-corrected chi connectivity index (χ0v) is 18.1. The fraction of sp³-hybridized carbons (Fsp3) is 0.524. The van der Waals surface area contributed by atoms with Crippen molar-refractivity contribution in [2.75, 3.05) is 6.54 Å². The monoisotopic (exact) mass is 446 g/mol. The molecule has 166 valence electrons. The Labute approximate surface area is 184 Å². The highest BCUT2D eigenvalue weighted by atomic mass is 32.2. The fourth-order valence-corrected chi connectivity index (χ4v) is 6.42. The first-order valence-corrected chi connectivity index (χ1v) is 11.2. The van der Waals surface area contributed by atoms with Crippen LogP contribution in [0.4, 0.5) is 0 Å². The summed E-state index contributed by atoms with van der Waals surface area (Å²) in [6, 6.07) is 3.43. The highest BCUT2D eigenvalue weighted by Crippen LogP contribution is 2.51. The lowest BCUT2D eigenvalue weighted by Gasteiger charge is -2.46. The molecule has 5 N–H and O–H groups in total. The summed E-state index contributed by atoms with van der Waals surface area (Å²) < 4.78 is 0. The van der Waals surface area contributed by atoms with Gasteiger partial charge in [0.2, 0.25) is 5.91 Å². The number of carbonyl (C=O) groups excluding carboxylic acids is 2. The molecule has 31 heavy (non-hydrogen) atoms. The number of pyridine rings is 1. The van der Waals surface area contributed by atoms with E-state index < -0.39 is 23.9 Å². The molecule has 0 aliphatic carbocycles. The molecule has 2 saturated heterocycles. The number of amides is 2. The first-order chi connectivity index (χ1) is 14.7. The summed E-state index contributed by atoms with van der Waals surface area (Å²) >= 11 is 1.52. The van der Waals surface area contributed by atoms with Gasteiger partial charge in [-0.1, -0.05) is 6.92 Å². The first-order valence-electron chi connectivity index (χ1n) is 10.3. The van der Waals surface area contributed by atoms with Gasteiger partial charge in [0, 0.05) is 34.9 Å². The minimum Gasteiger partial charge on any atom is -0.477 e. The van der Waals surface area contributed by atoms with Gasteiger partial charge in [-0.2, -0.15) is 0 Å². The van der Waals surface area contributed by atoms with Gasteiger partial charge in [-0.05, 0) is 37.5 Å². The molecule has 0 unspecified atom stereocenters. The maximum Gasteiger partial charge on any atom is 0.353 e. The summed E-state index contributed by atoms with van der Waals surface area (Å²) in [5.41, 5.74) is 6.56.